The maximum Gasteiger partial charge on any atom is 0.121 e. The summed E-state index contributed by atoms with van der Waals surface area (Å²) in [5, 5.41) is 9.20. The molecule has 0 aliphatic rings. The maximum atomic E-state index is 8.82. The molecule has 0 spiro atoms. The predicted octanol–water partition coefficient (Wildman–Crippen LogP) is 4.56. The molecule has 2 rings (SSSR count). The van der Waals surface area contributed by atoms with E-state index in [-0.39, 0.29) is 0 Å². The highest BCUT2D eigenvalue weighted by Gasteiger charge is 2.05. The van der Waals surface area contributed by atoms with Crippen LogP contribution in [0, 0.1) is 11.3 Å². The summed E-state index contributed by atoms with van der Waals surface area (Å²) >= 11 is 9.42. The van der Waals surface area contributed by atoms with E-state index in [4.69, 9.17) is 26.3 Å². The minimum atomic E-state index is 0.375. The minimum absolute atomic E-state index is 0.375. The van der Waals surface area contributed by atoms with Crippen molar-refractivity contribution < 1.29 is 9.47 Å². The summed E-state index contributed by atoms with van der Waals surface area (Å²) in [6.07, 6.45) is 0. The van der Waals surface area contributed by atoms with Gasteiger partial charge in [0.25, 0.3) is 0 Å². The van der Waals surface area contributed by atoms with E-state index in [0.717, 1.165) is 15.8 Å². The molecule has 20 heavy (non-hydrogen) atoms. The molecule has 0 N–H and O–H groups in total. The van der Waals surface area contributed by atoms with Gasteiger partial charge in [0.05, 0.1) is 17.7 Å². The van der Waals surface area contributed by atoms with Crippen molar-refractivity contribution >= 4 is 27.5 Å². The molecule has 0 bridgehead atoms. The molecule has 3 nitrogen and oxygen atoms in total. The zero-order valence-corrected chi connectivity index (χ0v) is 13.0. The number of rotatable bonds is 4. The molecule has 5 heteroatoms. The number of hydrogen-bond donors (Lipinski definition) is 0. The van der Waals surface area contributed by atoms with Crippen LogP contribution in [0.5, 0.6) is 11.5 Å². The van der Waals surface area contributed by atoms with E-state index in [2.05, 4.69) is 15.9 Å². The third-order valence-corrected chi connectivity index (χ3v) is 3.79. The quantitative estimate of drug-likeness (QED) is 0.810. The summed E-state index contributed by atoms with van der Waals surface area (Å²) in [6.45, 7) is 0.375. The molecule has 0 saturated carbocycles. The molecule has 0 aliphatic carbocycles. The molecule has 2 aromatic carbocycles. The molecule has 0 amide bonds. The first-order valence-electron chi connectivity index (χ1n) is 5.79. The zero-order valence-electron chi connectivity index (χ0n) is 10.7. The number of nitriles is 1. The summed E-state index contributed by atoms with van der Waals surface area (Å²) in [6, 6.07) is 12.7. The van der Waals surface area contributed by atoms with Crippen molar-refractivity contribution in [2.75, 3.05) is 7.11 Å². The predicted molar refractivity (Wildman–Crippen MR) is 81.2 cm³/mol. The molecule has 2 aromatic rings. The van der Waals surface area contributed by atoms with Crippen LogP contribution in [0.4, 0.5) is 0 Å². The smallest absolute Gasteiger partial charge is 0.121 e. The van der Waals surface area contributed by atoms with E-state index < -0.39 is 0 Å². The Morgan fingerprint density at radius 2 is 1.95 bits per heavy atom. The molecule has 0 aromatic heterocycles. The van der Waals surface area contributed by atoms with Crippen LogP contribution in [0.1, 0.15) is 11.1 Å². The molecule has 0 radical (unpaired) electrons. The second kappa shape index (κ2) is 6.65. The van der Waals surface area contributed by atoms with Crippen molar-refractivity contribution in [3.05, 3.63) is 57.0 Å². The van der Waals surface area contributed by atoms with Crippen LogP contribution in [0.3, 0.4) is 0 Å². The van der Waals surface area contributed by atoms with Crippen LogP contribution < -0.4 is 9.47 Å². The monoisotopic (exact) mass is 351 g/mol. The highest BCUT2D eigenvalue weighted by molar-refractivity contribution is 9.10. The number of nitrogens with zero attached hydrogens (tertiary/aromatic N) is 1. The third kappa shape index (κ3) is 3.44. The summed E-state index contributed by atoms with van der Waals surface area (Å²) < 4.78 is 11.8. The minimum Gasteiger partial charge on any atom is -0.497 e. The first-order chi connectivity index (χ1) is 9.63. The molecule has 0 aliphatic heterocycles. The summed E-state index contributed by atoms with van der Waals surface area (Å²) in [5.41, 5.74) is 1.39. The number of ether oxygens (including phenoxy) is 2. The van der Waals surface area contributed by atoms with E-state index >= 15 is 0 Å². The van der Waals surface area contributed by atoms with E-state index in [1.54, 1.807) is 25.3 Å². The summed E-state index contributed by atoms with van der Waals surface area (Å²) in [7, 11) is 1.62. The van der Waals surface area contributed by atoms with Gasteiger partial charge in [0, 0.05) is 16.1 Å². The number of hydrogen-bond acceptors (Lipinski definition) is 3. The topological polar surface area (TPSA) is 42.2 Å². The Hall–Kier alpha value is -1.70. The zero-order chi connectivity index (χ0) is 14.5. The SMILES string of the molecule is COc1ccc(Br)c(COc2ccc(C#N)c(Cl)c2)c1. The van der Waals surface area contributed by atoms with Gasteiger partial charge in [-0.1, -0.05) is 27.5 Å². The van der Waals surface area contributed by atoms with Gasteiger partial charge in [-0.2, -0.15) is 5.26 Å². The molecule has 0 fully saturated rings. The van der Waals surface area contributed by atoms with Crippen molar-refractivity contribution in [1.29, 1.82) is 5.26 Å². The summed E-state index contributed by atoms with van der Waals surface area (Å²) in [4.78, 5) is 0. The van der Waals surface area contributed by atoms with E-state index in [1.807, 2.05) is 24.3 Å². The second-order valence-corrected chi connectivity index (χ2v) is 5.26. The average Bonchev–Trinajstić information content (AvgIpc) is 2.46. The van der Waals surface area contributed by atoms with Crippen molar-refractivity contribution in [2.24, 2.45) is 0 Å². The molecule has 0 saturated heterocycles. The van der Waals surface area contributed by atoms with E-state index in [0.29, 0.717) is 22.9 Å². The number of benzene rings is 2. The normalized spacial score (nSPS) is 9.90. The Morgan fingerprint density at radius 3 is 2.60 bits per heavy atom. The van der Waals surface area contributed by atoms with E-state index in [9.17, 15) is 0 Å². The van der Waals surface area contributed by atoms with Gasteiger partial charge >= 0.3 is 0 Å². The van der Waals surface area contributed by atoms with Gasteiger partial charge in [0.15, 0.2) is 0 Å². The van der Waals surface area contributed by atoms with Crippen LogP contribution in [0.2, 0.25) is 5.02 Å². The van der Waals surface area contributed by atoms with Crippen LogP contribution in [0.15, 0.2) is 40.9 Å². The van der Waals surface area contributed by atoms with Crippen molar-refractivity contribution in [3.63, 3.8) is 0 Å². The Bertz CT molecular complexity index is 667. The van der Waals surface area contributed by atoms with Gasteiger partial charge in [-0.05, 0) is 30.3 Å². The lowest BCUT2D eigenvalue weighted by Crippen LogP contribution is -1.97. The van der Waals surface area contributed by atoms with Crippen molar-refractivity contribution in [1.82, 2.24) is 0 Å². The Kier molecular flexibility index (Phi) is 4.89. The fourth-order valence-corrected chi connectivity index (χ4v) is 2.20. The average molecular weight is 353 g/mol. The molecule has 0 unspecified atom stereocenters. The van der Waals surface area contributed by atoms with Crippen molar-refractivity contribution in [2.45, 2.75) is 6.61 Å². The lowest BCUT2D eigenvalue weighted by Gasteiger charge is -2.10. The van der Waals surface area contributed by atoms with Gasteiger partial charge in [-0.15, -0.1) is 0 Å². The van der Waals surface area contributed by atoms with Crippen LogP contribution in [0.25, 0.3) is 0 Å². The number of methoxy groups -OCH3 is 1. The van der Waals surface area contributed by atoms with Crippen LogP contribution >= 0.6 is 27.5 Å². The molecule has 102 valence electrons. The highest BCUT2D eigenvalue weighted by atomic mass is 79.9. The molecular formula is C15H11BrClNO2. The fourth-order valence-electron chi connectivity index (χ4n) is 1.63. The fraction of sp³-hybridized carbons (Fsp3) is 0.133. The molecule has 0 heterocycles. The maximum absolute atomic E-state index is 8.82. The Labute approximate surface area is 130 Å². The van der Waals surface area contributed by atoms with Gasteiger partial charge < -0.3 is 9.47 Å². The molecular weight excluding hydrogens is 342 g/mol. The standard InChI is InChI=1S/C15H11BrClNO2/c1-19-12-4-5-14(16)11(6-12)9-20-13-3-2-10(8-18)15(17)7-13/h2-7H,9H2,1H3. The lowest BCUT2D eigenvalue weighted by molar-refractivity contribution is 0.304. The highest BCUT2D eigenvalue weighted by Crippen LogP contribution is 2.26. The Balaban J connectivity index is 2.13. The first kappa shape index (κ1) is 14.7. The van der Waals surface area contributed by atoms with Crippen LogP contribution in [-0.2, 0) is 6.61 Å². The number of halogens is 2. The van der Waals surface area contributed by atoms with Crippen LogP contribution in [-0.4, -0.2) is 7.11 Å². The Morgan fingerprint density at radius 1 is 1.20 bits per heavy atom. The van der Waals surface area contributed by atoms with Gasteiger partial charge in [0.2, 0.25) is 0 Å². The largest absolute Gasteiger partial charge is 0.497 e. The second-order valence-electron chi connectivity index (χ2n) is 4.00. The lowest BCUT2D eigenvalue weighted by atomic mass is 10.2. The van der Waals surface area contributed by atoms with Gasteiger partial charge in [-0.3, -0.25) is 0 Å². The van der Waals surface area contributed by atoms with E-state index in [1.165, 1.54) is 0 Å². The van der Waals surface area contributed by atoms with Crippen molar-refractivity contribution in [3.8, 4) is 17.6 Å². The van der Waals surface area contributed by atoms with Gasteiger partial charge in [-0.25, -0.2) is 0 Å². The third-order valence-electron chi connectivity index (χ3n) is 2.71. The van der Waals surface area contributed by atoms with Gasteiger partial charge in [0.1, 0.15) is 24.2 Å². The first-order valence-corrected chi connectivity index (χ1v) is 6.96. The molecule has 0 atom stereocenters. The summed E-state index contributed by atoms with van der Waals surface area (Å²) in [5.74, 6) is 1.38.